The van der Waals surface area contributed by atoms with Gasteiger partial charge < -0.3 is 4.98 Å². The van der Waals surface area contributed by atoms with E-state index in [-0.39, 0.29) is 16.7 Å². The molecule has 132 valence electrons. The fourth-order valence-corrected chi connectivity index (χ4v) is 3.35. The number of aromatic nitrogens is 2. The molecule has 0 aliphatic heterocycles. The molecule has 0 aliphatic rings. The Morgan fingerprint density at radius 1 is 1.20 bits per heavy atom. The van der Waals surface area contributed by atoms with Gasteiger partial charge in [-0.2, -0.15) is 0 Å². The van der Waals surface area contributed by atoms with Crippen molar-refractivity contribution in [2.75, 3.05) is 0 Å². The highest BCUT2D eigenvalue weighted by molar-refractivity contribution is 7.99. The van der Waals surface area contributed by atoms with E-state index in [9.17, 15) is 4.79 Å². The van der Waals surface area contributed by atoms with Crippen LogP contribution in [0.1, 0.15) is 62.0 Å². The van der Waals surface area contributed by atoms with Gasteiger partial charge in [0, 0.05) is 15.7 Å². The van der Waals surface area contributed by atoms with Gasteiger partial charge in [0.2, 0.25) is 0 Å². The minimum absolute atomic E-state index is 0.0359. The van der Waals surface area contributed by atoms with E-state index in [1.165, 1.54) is 11.8 Å². The molecular formula is C18H23N5OS. The van der Waals surface area contributed by atoms with Crippen molar-refractivity contribution in [3.05, 3.63) is 67.4 Å². The number of azide groups is 1. The first-order valence-corrected chi connectivity index (χ1v) is 9.13. The lowest BCUT2D eigenvalue weighted by Crippen LogP contribution is -2.22. The number of aryl methyl sites for hydroxylation is 1. The lowest BCUT2D eigenvalue weighted by molar-refractivity contribution is 0.706. The summed E-state index contributed by atoms with van der Waals surface area (Å²) in [5.74, 6) is -0.0359. The van der Waals surface area contributed by atoms with Crippen molar-refractivity contribution in [1.82, 2.24) is 9.97 Å². The molecule has 2 aromatic rings. The molecule has 2 rings (SSSR count). The van der Waals surface area contributed by atoms with E-state index in [2.05, 4.69) is 20.0 Å². The maximum absolute atomic E-state index is 12.6. The molecule has 1 atom stereocenters. The number of aromatic amines is 1. The van der Waals surface area contributed by atoms with Gasteiger partial charge in [0.05, 0.1) is 5.69 Å². The summed E-state index contributed by atoms with van der Waals surface area (Å²) in [6.07, 6.45) is 0. The van der Waals surface area contributed by atoms with Crippen molar-refractivity contribution in [2.24, 2.45) is 5.11 Å². The Labute approximate surface area is 151 Å². The summed E-state index contributed by atoms with van der Waals surface area (Å²) >= 11 is 1.48. The predicted octanol–water partition coefficient (Wildman–Crippen LogP) is 5.10. The lowest BCUT2D eigenvalue weighted by Gasteiger charge is -2.18. The normalized spacial score (nSPS) is 12.3. The van der Waals surface area contributed by atoms with Gasteiger partial charge >= 0.3 is 0 Å². The third-order valence-corrected chi connectivity index (χ3v) is 4.59. The van der Waals surface area contributed by atoms with E-state index in [0.717, 1.165) is 11.1 Å². The maximum atomic E-state index is 12.6. The van der Waals surface area contributed by atoms with Crippen LogP contribution in [-0.2, 0) is 0 Å². The van der Waals surface area contributed by atoms with Crippen LogP contribution < -0.4 is 5.56 Å². The maximum Gasteiger partial charge on any atom is 0.255 e. The Bertz CT molecular complexity index is 836. The van der Waals surface area contributed by atoms with Gasteiger partial charge in [-0.15, -0.1) is 0 Å². The Morgan fingerprint density at radius 2 is 1.84 bits per heavy atom. The van der Waals surface area contributed by atoms with E-state index >= 15 is 0 Å². The minimum atomic E-state index is -0.628. The molecule has 0 spiro atoms. The second kappa shape index (κ2) is 8.23. The van der Waals surface area contributed by atoms with Crippen molar-refractivity contribution in [3.8, 4) is 0 Å². The SMILES string of the molecule is Cc1ccc(C(N=[N+]=[N-])c2nc(SC(C)C)[nH]c(=O)c2C(C)C)cc1. The fourth-order valence-electron chi connectivity index (χ4n) is 2.60. The first-order chi connectivity index (χ1) is 11.8. The largest absolute Gasteiger partial charge is 0.301 e. The van der Waals surface area contributed by atoms with Crippen LogP contribution in [0.2, 0.25) is 0 Å². The molecule has 25 heavy (non-hydrogen) atoms. The van der Waals surface area contributed by atoms with Crippen LogP contribution in [0.3, 0.4) is 0 Å². The Balaban J connectivity index is 2.69. The molecule has 0 bridgehead atoms. The average Bonchev–Trinajstić information content (AvgIpc) is 2.52. The van der Waals surface area contributed by atoms with E-state index in [1.54, 1.807) is 0 Å². The van der Waals surface area contributed by atoms with Crippen LogP contribution in [0.4, 0.5) is 0 Å². The fraction of sp³-hybridized carbons (Fsp3) is 0.444. The zero-order valence-electron chi connectivity index (χ0n) is 15.1. The second-order valence-electron chi connectivity index (χ2n) is 6.51. The number of rotatable bonds is 6. The topological polar surface area (TPSA) is 94.5 Å². The van der Waals surface area contributed by atoms with Crippen LogP contribution in [0.15, 0.2) is 39.3 Å². The molecule has 1 aromatic carbocycles. The van der Waals surface area contributed by atoms with Gasteiger partial charge in [0.1, 0.15) is 6.04 Å². The smallest absolute Gasteiger partial charge is 0.255 e. The van der Waals surface area contributed by atoms with Crippen LogP contribution in [0.5, 0.6) is 0 Å². The summed E-state index contributed by atoms with van der Waals surface area (Å²) in [5, 5.41) is 4.78. The highest BCUT2D eigenvalue weighted by atomic mass is 32.2. The summed E-state index contributed by atoms with van der Waals surface area (Å²) in [7, 11) is 0. The Morgan fingerprint density at radius 3 is 2.36 bits per heavy atom. The summed E-state index contributed by atoms with van der Waals surface area (Å²) in [6.45, 7) is 9.94. The molecule has 1 N–H and O–H groups in total. The monoisotopic (exact) mass is 357 g/mol. The average molecular weight is 357 g/mol. The van der Waals surface area contributed by atoms with Crippen molar-refractivity contribution >= 4 is 11.8 Å². The van der Waals surface area contributed by atoms with E-state index in [4.69, 9.17) is 5.53 Å². The van der Waals surface area contributed by atoms with Gasteiger partial charge in [-0.3, -0.25) is 4.79 Å². The highest BCUT2D eigenvalue weighted by Gasteiger charge is 2.23. The van der Waals surface area contributed by atoms with Crippen molar-refractivity contribution in [3.63, 3.8) is 0 Å². The zero-order chi connectivity index (χ0) is 18.6. The van der Waals surface area contributed by atoms with Crippen LogP contribution in [-0.4, -0.2) is 15.2 Å². The molecule has 6 nitrogen and oxygen atoms in total. The van der Waals surface area contributed by atoms with Gasteiger partial charge in [-0.05, 0) is 23.9 Å². The predicted molar refractivity (Wildman–Crippen MR) is 102 cm³/mol. The third kappa shape index (κ3) is 4.65. The number of nitrogens with zero attached hydrogens (tertiary/aromatic N) is 4. The number of H-pyrrole nitrogens is 1. The van der Waals surface area contributed by atoms with Crippen molar-refractivity contribution < 1.29 is 0 Å². The highest BCUT2D eigenvalue weighted by Crippen LogP contribution is 2.31. The van der Waals surface area contributed by atoms with E-state index < -0.39 is 6.04 Å². The number of hydrogen-bond donors (Lipinski definition) is 1. The second-order valence-corrected chi connectivity index (χ2v) is 8.07. The van der Waals surface area contributed by atoms with Crippen molar-refractivity contribution in [1.29, 1.82) is 0 Å². The van der Waals surface area contributed by atoms with Gasteiger partial charge in [0.25, 0.3) is 5.56 Å². The summed E-state index contributed by atoms with van der Waals surface area (Å²) in [4.78, 5) is 23.1. The molecule has 0 saturated heterocycles. The first kappa shape index (κ1) is 19.1. The van der Waals surface area contributed by atoms with Gasteiger partial charge in [-0.25, -0.2) is 4.98 Å². The molecule has 1 heterocycles. The number of nitrogens with one attached hydrogen (secondary N) is 1. The Hall–Kier alpha value is -2.24. The lowest BCUT2D eigenvalue weighted by atomic mass is 9.95. The number of benzene rings is 1. The molecule has 0 amide bonds. The molecule has 7 heteroatoms. The summed E-state index contributed by atoms with van der Waals surface area (Å²) < 4.78 is 0. The van der Waals surface area contributed by atoms with E-state index in [1.807, 2.05) is 58.9 Å². The molecular weight excluding hydrogens is 334 g/mol. The Kier molecular flexibility index (Phi) is 6.28. The molecule has 0 fully saturated rings. The van der Waals surface area contributed by atoms with Crippen LogP contribution in [0, 0.1) is 6.92 Å². The minimum Gasteiger partial charge on any atom is -0.301 e. The number of hydrogen-bond acceptors (Lipinski definition) is 4. The van der Waals surface area contributed by atoms with Gasteiger partial charge in [-0.1, -0.05) is 74.4 Å². The standard InChI is InChI=1S/C18H23N5OS/c1-10(2)14-16(20-18(21-17(14)24)25-11(3)4)15(22-23-19)13-8-6-12(5)7-9-13/h6-11,15H,1-5H3,(H,20,21,24). The molecule has 0 aliphatic carbocycles. The first-order valence-electron chi connectivity index (χ1n) is 8.25. The van der Waals surface area contributed by atoms with Crippen LogP contribution >= 0.6 is 11.8 Å². The zero-order valence-corrected chi connectivity index (χ0v) is 16.0. The van der Waals surface area contributed by atoms with E-state index in [0.29, 0.717) is 16.4 Å². The quantitative estimate of drug-likeness (QED) is 0.256. The number of thioether (sulfide) groups is 1. The third-order valence-electron chi connectivity index (χ3n) is 3.71. The summed E-state index contributed by atoms with van der Waals surface area (Å²) in [6, 6.07) is 7.12. The van der Waals surface area contributed by atoms with Gasteiger partial charge in [0.15, 0.2) is 5.16 Å². The van der Waals surface area contributed by atoms with Crippen molar-refractivity contribution in [2.45, 2.75) is 57.0 Å². The molecule has 1 aromatic heterocycles. The molecule has 1 unspecified atom stereocenters. The summed E-state index contributed by atoms with van der Waals surface area (Å²) in [5.41, 5.74) is 11.9. The molecule has 0 radical (unpaired) electrons. The molecule has 0 saturated carbocycles. The van der Waals surface area contributed by atoms with Crippen LogP contribution in [0.25, 0.3) is 10.4 Å².